The summed E-state index contributed by atoms with van der Waals surface area (Å²) >= 11 is 0. The molecule has 1 fully saturated rings. The van der Waals surface area contributed by atoms with Crippen LogP contribution < -0.4 is 10.6 Å². The summed E-state index contributed by atoms with van der Waals surface area (Å²) in [5.74, 6) is -0.160. The van der Waals surface area contributed by atoms with Gasteiger partial charge in [-0.25, -0.2) is 4.39 Å². The van der Waals surface area contributed by atoms with Gasteiger partial charge in [-0.2, -0.15) is 0 Å². The molecule has 2 N–H and O–H groups in total. The first-order chi connectivity index (χ1) is 9.08. The Kier molecular flexibility index (Phi) is 4.77. The van der Waals surface area contributed by atoms with Crippen LogP contribution in [0.25, 0.3) is 0 Å². The molecule has 0 bridgehead atoms. The quantitative estimate of drug-likeness (QED) is 0.912. The summed E-state index contributed by atoms with van der Waals surface area (Å²) in [6.07, 6.45) is 1.75. The van der Waals surface area contributed by atoms with Gasteiger partial charge in [0, 0.05) is 25.7 Å². The van der Waals surface area contributed by atoms with Gasteiger partial charge in [-0.05, 0) is 38.3 Å². The largest absolute Gasteiger partial charge is 0.377 e. The first kappa shape index (κ1) is 14.3. The van der Waals surface area contributed by atoms with E-state index in [0.29, 0.717) is 12.1 Å². The Hall–Kier alpha value is -1.13. The van der Waals surface area contributed by atoms with Crippen molar-refractivity contribution < 1.29 is 9.13 Å². The lowest BCUT2D eigenvalue weighted by Crippen LogP contribution is -2.32. The molecule has 0 aliphatic carbocycles. The fourth-order valence-electron chi connectivity index (χ4n) is 2.62. The van der Waals surface area contributed by atoms with Crippen LogP contribution in [0.4, 0.5) is 10.1 Å². The Morgan fingerprint density at radius 2 is 2.32 bits per heavy atom. The van der Waals surface area contributed by atoms with Crippen LogP contribution >= 0.6 is 0 Å². The van der Waals surface area contributed by atoms with Gasteiger partial charge in [0.2, 0.25) is 0 Å². The monoisotopic (exact) mass is 266 g/mol. The molecule has 1 aliphatic heterocycles. The molecule has 1 aromatic carbocycles. The minimum atomic E-state index is -0.160. The van der Waals surface area contributed by atoms with Crippen LogP contribution in [-0.2, 0) is 11.2 Å². The van der Waals surface area contributed by atoms with Crippen LogP contribution in [0.15, 0.2) is 18.2 Å². The van der Waals surface area contributed by atoms with E-state index in [1.54, 1.807) is 6.07 Å². The number of anilines is 1. The van der Waals surface area contributed by atoms with Crippen molar-refractivity contribution in [2.45, 2.75) is 38.8 Å². The Morgan fingerprint density at radius 1 is 1.53 bits per heavy atom. The maximum Gasteiger partial charge on any atom is 0.146 e. The number of rotatable bonds is 3. The van der Waals surface area contributed by atoms with E-state index in [1.165, 1.54) is 6.07 Å². The Balaban J connectivity index is 2.30. The van der Waals surface area contributed by atoms with E-state index >= 15 is 0 Å². The normalized spacial score (nSPS) is 22.1. The topological polar surface area (TPSA) is 38.5 Å². The zero-order chi connectivity index (χ0) is 13.8. The summed E-state index contributed by atoms with van der Waals surface area (Å²) in [7, 11) is 0. The molecule has 0 aromatic heterocycles. The van der Waals surface area contributed by atoms with Crippen molar-refractivity contribution in [3.63, 3.8) is 0 Å². The summed E-state index contributed by atoms with van der Waals surface area (Å²) < 4.78 is 19.8. The molecular weight excluding hydrogens is 243 g/mol. The van der Waals surface area contributed by atoms with E-state index in [2.05, 4.69) is 4.90 Å². The molecule has 0 spiro atoms. The zero-order valence-electron chi connectivity index (χ0n) is 11.7. The Labute approximate surface area is 114 Å². The third kappa shape index (κ3) is 3.67. The van der Waals surface area contributed by atoms with Crippen LogP contribution in [0, 0.1) is 5.82 Å². The molecule has 1 aliphatic rings. The summed E-state index contributed by atoms with van der Waals surface area (Å²) in [6.45, 7) is 6.28. The second kappa shape index (κ2) is 6.35. The van der Waals surface area contributed by atoms with Crippen molar-refractivity contribution in [2.24, 2.45) is 5.73 Å². The van der Waals surface area contributed by atoms with Crippen molar-refractivity contribution >= 4 is 5.69 Å². The SMILES string of the molecule is CC(N)Cc1cccc(F)c1N1CCCOC(C)C1. The number of nitrogens with two attached hydrogens (primary N) is 1. The molecule has 0 amide bonds. The van der Waals surface area contributed by atoms with Crippen LogP contribution in [-0.4, -0.2) is 31.8 Å². The molecule has 2 unspecified atom stereocenters. The van der Waals surface area contributed by atoms with Crippen molar-refractivity contribution in [3.05, 3.63) is 29.6 Å². The van der Waals surface area contributed by atoms with E-state index in [9.17, 15) is 4.39 Å². The molecular formula is C15H23FN2O. The third-order valence-corrected chi connectivity index (χ3v) is 3.38. The maximum atomic E-state index is 14.2. The Bertz CT molecular complexity index is 423. The lowest BCUT2D eigenvalue weighted by Gasteiger charge is -2.27. The van der Waals surface area contributed by atoms with Crippen LogP contribution in [0.1, 0.15) is 25.8 Å². The van der Waals surface area contributed by atoms with Crippen molar-refractivity contribution in [1.29, 1.82) is 0 Å². The molecule has 3 nitrogen and oxygen atoms in total. The van der Waals surface area contributed by atoms with E-state index in [4.69, 9.17) is 10.5 Å². The number of hydrogen-bond donors (Lipinski definition) is 1. The molecule has 19 heavy (non-hydrogen) atoms. The van der Waals surface area contributed by atoms with Gasteiger partial charge < -0.3 is 15.4 Å². The minimum Gasteiger partial charge on any atom is -0.377 e. The first-order valence-corrected chi connectivity index (χ1v) is 6.97. The molecule has 1 aromatic rings. The van der Waals surface area contributed by atoms with Crippen molar-refractivity contribution in [3.8, 4) is 0 Å². The number of halogens is 1. The zero-order valence-corrected chi connectivity index (χ0v) is 11.7. The molecule has 2 rings (SSSR count). The fraction of sp³-hybridized carbons (Fsp3) is 0.600. The second-order valence-corrected chi connectivity index (χ2v) is 5.41. The van der Waals surface area contributed by atoms with Gasteiger partial charge in [0.25, 0.3) is 0 Å². The standard InChI is InChI=1S/C15H23FN2O/c1-11(17)9-13-5-3-6-14(16)15(13)18-7-4-8-19-12(2)10-18/h3,5-6,11-12H,4,7-10,17H2,1-2H3. The Morgan fingerprint density at radius 3 is 3.05 bits per heavy atom. The average Bonchev–Trinajstić information content (AvgIpc) is 2.53. The first-order valence-electron chi connectivity index (χ1n) is 6.97. The van der Waals surface area contributed by atoms with Gasteiger partial charge in [0.1, 0.15) is 5.82 Å². The lowest BCUT2D eigenvalue weighted by atomic mass is 10.0. The molecule has 0 saturated carbocycles. The van der Waals surface area contributed by atoms with Gasteiger partial charge in [-0.15, -0.1) is 0 Å². The summed E-state index contributed by atoms with van der Waals surface area (Å²) in [6, 6.07) is 5.28. The molecule has 106 valence electrons. The molecule has 1 saturated heterocycles. The second-order valence-electron chi connectivity index (χ2n) is 5.41. The predicted octanol–water partition coefficient (Wildman–Crippen LogP) is 2.33. The highest BCUT2D eigenvalue weighted by atomic mass is 19.1. The number of hydrogen-bond acceptors (Lipinski definition) is 3. The molecule has 0 radical (unpaired) electrons. The van der Waals surface area contributed by atoms with Gasteiger partial charge in [0.05, 0.1) is 11.8 Å². The number of ether oxygens (including phenoxy) is 1. The van der Waals surface area contributed by atoms with E-state index in [0.717, 1.165) is 31.7 Å². The van der Waals surface area contributed by atoms with Gasteiger partial charge in [-0.3, -0.25) is 0 Å². The number of para-hydroxylation sites is 1. The van der Waals surface area contributed by atoms with Crippen LogP contribution in [0.5, 0.6) is 0 Å². The van der Waals surface area contributed by atoms with Gasteiger partial charge >= 0.3 is 0 Å². The number of nitrogens with zero attached hydrogens (tertiary/aromatic N) is 1. The highest BCUT2D eigenvalue weighted by molar-refractivity contribution is 5.55. The van der Waals surface area contributed by atoms with Crippen LogP contribution in [0.3, 0.4) is 0 Å². The highest BCUT2D eigenvalue weighted by Gasteiger charge is 2.21. The fourth-order valence-corrected chi connectivity index (χ4v) is 2.62. The summed E-state index contributed by atoms with van der Waals surface area (Å²) in [5, 5.41) is 0. The number of benzene rings is 1. The minimum absolute atomic E-state index is 0.0289. The van der Waals surface area contributed by atoms with Gasteiger partial charge in [0.15, 0.2) is 0 Å². The van der Waals surface area contributed by atoms with Crippen LogP contribution in [0.2, 0.25) is 0 Å². The lowest BCUT2D eigenvalue weighted by molar-refractivity contribution is 0.0820. The summed E-state index contributed by atoms with van der Waals surface area (Å²) in [5.41, 5.74) is 7.56. The molecule has 1 heterocycles. The molecule has 4 heteroatoms. The summed E-state index contributed by atoms with van der Waals surface area (Å²) in [4.78, 5) is 2.10. The van der Waals surface area contributed by atoms with E-state index in [1.807, 2.05) is 19.9 Å². The molecule has 2 atom stereocenters. The third-order valence-electron chi connectivity index (χ3n) is 3.38. The average molecular weight is 266 g/mol. The van der Waals surface area contributed by atoms with Gasteiger partial charge in [-0.1, -0.05) is 12.1 Å². The maximum absolute atomic E-state index is 14.2. The van der Waals surface area contributed by atoms with Crippen molar-refractivity contribution in [1.82, 2.24) is 0 Å². The van der Waals surface area contributed by atoms with E-state index < -0.39 is 0 Å². The highest BCUT2D eigenvalue weighted by Crippen LogP contribution is 2.27. The van der Waals surface area contributed by atoms with Crippen molar-refractivity contribution in [2.75, 3.05) is 24.6 Å². The predicted molar refractivity (Wildman–Crippen MR) is 76.0 cm³/mol. The van der Waals surface area contributed by atoms with E-state index in [-0.39, 0.29) is 18.0 Å². The smallest absolute Gasteiger partial charge is 0.146 e.